The van der Waals surface area contributed by atoms with Crippen molar-refractivity contribution in [2.24, 2.45) is 5.73 Å². The molecule has 0 spiro atoms. The van der Waals surface area contributed by atoms with Gasteiger partial charge in [0.15, 0.2) is 0 Å². The summed E-state index contributed by atoms with van der Waals surface area (Å²) in [5, 5.41) is 0. The number of nitrogens with two attached hydrogens (primary N) is 1. The van der Waals surface area contributed by atoms with Gasteiger partial charge in [0.05, 0.1) is 13.6 Å². The molecule has 96 valence electrons. The van der Waals surface area contributed by atoms with Gasteiger partial charge in [-0.2, -0.15) is 0 Å². The van der Waals surface area contributed by atoms with Crippen LogP contribution in [0.25, 0.3) is 0 Å². The van der Waals surface area contributed by atoms with Crippen LogP contribution in [0.4, 0.5) is 13.2 Å². The number of hydrogen-bond acceptors (Lipinski definition) is 2. The third-order valence-electron chi connectivity index (χ3n) is 2.37. The Balaban J connectivity index is 2.52. The number of thiophene rings is 1. The molecule has 0 aliphatic carbocycles. The first-order chi connectivity index (χ1) is 8.40. The molecule has 0 saturated heterocycles. The van der Waals surface area contributed by atoms with Crippen LogP contribution >= 0.6 is 43.2 Å². The van der Waals surface area contributed by atoms with Crippen molar-refractivity contribution in [1.29, 1.82) is 0 Å². The van der Waals surface area contributed by atoms with Crippen LogP contribution in [0.15, 0.2) is 25.8 Å². The van der Waals surface area contributed by atoms with Gasteiger partial charge in [-0.15, -0.1) is 11.3 Å². The van der Waals surface area contributed by atoms with Crippen molar-refractivity contribution in [2.45, 2.75) is 6.04 Å². The Morgan fingerprint density at radius 1 is 1.06 bits per heavy atom. The van der Waals surface area contributed by atoms with Gasteiger partial charge in [0.1, 0.15) is 17.5 Å². The molecular weight excluding hydrogens is 395 g/mol. The molecular formula is C11H6Br2F3NS. The van der Waals surface area contributed by atoms with E-state index in [1.54, 1.807) is 6.07 Å². The highest BCUT2D eigenvalue weighted by molar-refractivity contribution is 9.12. The zero-order chi connectivity index (χ0) is 13.4. The monoisotopic (exact) mass is 399 g/mol. The summed E-state index contributed by atoms with van der Waals surface area (Å²) in [6.07, 6.45) is 0. The molecule has 0 fully saturated rings. The van der Waals surface area contributed by atoms with Crippen molar-refractivity contribution in [3.8, 4) is 0 Å². The molecule has 2 N–H and O–H groups in total. The largest absolute Gasteiger partial charge is 0.320 e. The van der Waals surface area contributed by atoms with Gasteiger partial charge in [-0.3, -0.25) is 0 Å². The molecule has 2 aromatic rings. The maximum atomic E-state index is 13.6. The molecule has 0 aliphatic rings. The third kappa shape index (κ3) is 2.64. The Bertz CT molecular complexity index is 577. The topological polar surface area (TPSA) is 26.0 Å². The highest BCUT2D eigenvalue weighted by atomic mass is 79.9. The molecule has 7 heteroatoms. The molecule has 0 radical (unpaired) electrons. The lowest BCUT2D eigenvalue weighted by atomic mass is 10.0. The van der Waals surface area contributed by atoms with Crippen LogP contribution < -0.4 is 5.73 Å². The van der Waals surface area contributed by atoms with Crippen LogP contribution in [-0.4, -0.2) is 0 Å². The molecule has 2 rings (SSSR count). The maximum Gasteiger partial charge on any atom is 0.134 e. The molecule has 0 saturated carbocycles. The summed E-state index contributed by atoms with van der Waals surface area (Å²) >= 11 is 7.87. The van der Waals surface area contributed by atoms with E-state index in [2.05, 4.69) is 31.9 Å². The van der Waals surface area contributed by atoms with Gasteiger partial charge < -0.3 is 5.73 Å². The smallest absolute Gasteiger partial charge is 0.134 e. The molecule has 0 amide bonds. The number of halogens is 5. The number of hydrogen-bond donors (Lipinski definition) is 1. The van der Waals surface area contributed by atoms with E-state index in [-0.39, 0.29) is 5.56 Å². The van der Waals surface area contributed by atoms with Crippen LogP contribution in [0.3, 0.4) is 0 Å². The fraction of sp³-hybridized carbons (Fsp3) is 0.0909. The lowest BCUT2D eigenvalue weighted by molar-refractivity contribution is 0.515. The number of benzene rings is 1. The predicted octanol–water partition coefficient (Wildman–Crippen LogP) is 4.74. The average Bonchev–Trinajstić information content (AvgIpc) is 2.56. The predicted molar refractivity (Wildman–Crippen MR) is 72.1 cm³/mol. The summed E-state index contributed by atoms with van der Waals surface area (Å²) in [5.41, 5.74) is 6.03. The van der Waals surface area contributed by atoms with Gasteiger partial charge in [-0.05, 0) is 43.5 Å². The second kappa shape index (κ2) is 5.32. The SMILES string of the molecule is NC(c1cc(Br)sc1Br)c1c(F)cc(F)cc1F. The van der Waals surface area contributed by atoms with Gasteiger partial charge >= 0.3 is 0 Å². The molecule has 1 atom stereocenters. The lowest BCUT2D eigenvalue weighted by Gasteiger charge is -2.13. The Hall–Kier alpha value is -0.370. The average molecular weight is 401 g/mol. The van der Waals surface area contributed by atoms with Crippen molar-refractivity contribution in [2.75, 3.05) is 0 Å². The van der Waals surface area contributed by atoms with Crippen molar-refractivity contribution >= 4 is 43.2 Å². The highest BCUT2D eigenvalue weighted by Gasteiger charge is 2.22. The second-order valence-electron chi connectivity index (χ2n) is 3.54. The van der Waals surface area contributed by atoms with E-state index < -0.39 is 23.5 Å². The van der Waals surface area contributed by atoms with Gasteiger partial charge in [0.25, 0.3) is 0 Å². The van der Waals surface area contributed by atoms with E-state index in [1.165, 1.54) is 11.3 Å². The number of rotatable bonds is 2. The van der Waals surface area contributed by atoms with E-state index in [0.717, 1.165) is 3.79 Å². The van der Waals surface area contributed by atoms with Gasteiger partial charge in [0.2, 0.25) is 0 Å². The van der Waals surface area contributed by atoms with Crippen LogP contribution in [0.1, 0.15) is 17.2 Å². The van der Waals surface area contributed by atoms with Crippen molar-refractivity contribution in [3.63, 3.8) is 0 Å². The molecule has 0 bridgehead atoms. The standard InChI is InChI=1S/C11H6Br2F3NS/c12-8-3-5(11(13)18-8)10(17)9-6(15)1-4(14)2-7(9)16/h1-3,10H,17H2. The summed E-state index contributed by atoms with van der Waals surface area (Å²) < 4.78 is 41.5. The fourth-order valence-corrected chi connectivity index (χ4v) is 4.50. The zero-order valence-corrected chi connectivity index (χ0v) is 12.7. The van der Waals surface area contributed by atoms with E-state index in [1.807, 2.05) is 0 Å². The minimum atomic E-state index is -0.998. The van der Waals surface area contributed by atoms with Crippen molar-refractivity contribution < 1.29 is 13.2 Å². The zero-order valence-electron chi connectivity index (χ0n) is 8.68. The lowest BCUT2D eigenvalue weighted by Crippen LogP contribution is -2.15. The maximum absolute atomic E-state index is 13.6. The Labute approximate surface area is 122 Å². The van der Waals surface area contributed by atoms with Gasteiger partial charge in [0, 0.05) is 17.7 Å². The molecule has 1 unspecified atom stereocenters. The molecule has 1 nitrogen and oxygen atoms in total. The van der Waals surface area contributed by atoms with E-state index >= 15 is 0 Å². The van der Waals surface area contributed by atoms with Crippen molar-refractivity contribution in [1.82, 2.24) is 0 Å². The molecule has 18 heavy (non-hydrogen) atoms. The quantitative estimate of drug-likeness (QED) is 0.774. The Kier molecular flexibility index (Phi) is 4.15. The second-order valence-corrected chi connectivity index (χ2v) is 7.29. The van der Waals surface area contributed by atoms with Crippen molar-refractivity contribution in [3.05, 3.63) is 54.4 Å². The normalized spacial score (nSPS) is 12.8. The Morgan fingerprint density at radius 2 is 1.61 bits per heavy atom. The first-order valence-electron chi connectivity index (χ1n) is 4.75. The summed E-state index contributed by atoms with van der Waals surface area (Å²) in [4.78, 5) is 0. The molecule has 1 aromatic carbocycles. The summed E-state index contributed by atoms with van der Waals surface area (Å²) in [6, 6.07) is 1.91. The highest BCUT2D eigenvalue weighted by Crippen LogP contribution is 2.38. The Morgan fingerprint density at radius 3 is 2.06 bits per heavy atom. The molecule has 1 aromatic heterocycles. The van der Waals surface area contributed by atoms with Crippen LogP contribution in [0.5, 0.6) is 0 Å². The van der Waals surface area contributed by atoms with Crippen LogP contribution in [0, 0.1) is 17.5 Å². The van der Waals surface area contributed by atoms with Gasteiger partial charge in [-0.25, -0.2) is 13.2 Å². The van der Waals surface area contributed by atoms with E-state index in [9.17, 15) is 13.2 Å². The first-order valence-corrected chi connectivity index (χ1v) is 7.15. The summed E-state index contributed by atoms with van der Waals surface area (Å²) in [5.74, 6) is -2.95. The minimum absolute atomic E-state index is 0.345. The molecule has 1 heterocycles. The summed E-state index contributed by atoms with van der Waals surface area (Å²) in [7, 11) is 0. The van der Waals surface area contributed by atoms with Crippen LogP contribution in [0.2, 0.25) is 0 Å². The molecule has 0 aliphatic heterocycles. The van der Waals surface area contributed by atoms with E-state index in [0.29, 0.717) is 21.5 Å². The third-order valence-corrected chi connectivity index (χ3v) is 4.76. The first kappa shape index (κ1) is 14.0. The fourth-order valence-electron chi connectivity index (χ4n) is 1.57. The minimum Gasteiger partial charge on any atom is -0.320 e. The van der Waals surface area contributed by atoms with E-state index in [4.69, 9.17) is 5.73 Å². The van der Waals surface area contributed by atoms with Gasteiger partial charge in [-0.1, -0.05) is 0 Å². The summed E-state index contributed by atoms with van der Waals surface area (Å²) in [6.45, 7) is 0. The van der Waals surface area contributed by atoms with Crippen LogP contribution in [-0.2, 0) is 0 Å².